The second-order valence-electron chi connectivity index (χ2n) is 5.39. The quantitative estimate of drug-likeness (QED) is 0.881. The first-order chi connectivity index (χ1) is 9.06. The Bertz CT molecular complexity index is 407. The van der Waals surface area contributed by atoms with Gasteiger partial charge in [-0.25, -0.2) is 0 Å². The molecule has 1 aliphatic heterocycles. The molecule has 1 fully saturated rings. The van der Waals surface area contributed by atoms with Crippen LogP contribution in [0.3, 0.4) is 0 Å². The molecule has 1 saturated heterocycles. The fourth-order valence-electron chi connectivity index (χ4n) is 2.40. The zero-order valence-electron chi connectivity index (χ0n) is 11.8. The molecule has 0 bridgehead atoms. The van der Waals surface area contributed by atoms with Crippen molar-refractivity contribution in [1.29, 1.82) is 0 Å². The third-order valence-electron chi connectivity index (χ3n) is 3.59. The van der Waals surface area contributed by atoms with Gasteiger partial charge in [0.15, 0.2) is 0 Å². The number of rotatable bonds is 4. The molecule has 4 nitrogen and oxygen atoms in total. The maximum absolute atomic E-state index is 12.1. The summed E-state index contributed by atoms with van der Waals surface area (Å²) >= 11 is 1.68. The molecule has 1 aliphatic rings. The minimum absolute atomic E-state index is 0.100. The molecule has 1 aromatic heterocycles. The molecule has 0 radical (unpaired) electrons. The van der Waals surface area contributed by atoms with Crippen LogP contribution in [-0.2, 0) is 4.79 Å². The lowest BCUT2D eigenvalue weighted by Crippen LogP contribution is -2.56. The zero-order valence-corrected chi connectivity index (χ0v) is 12.7. The molecule has 0 aliphatic carbocycles. The molecule has 2 heterocycles. The van der Waals surface area contributed by atoms with Gasteiger partial charge in [0.2, 0.25) is 5.91 Å². The molecule has 2 rings (SSSR count). The molecule has 106 valence electrons. The van der Waals surface area contributed by atoms with Crippen LogP contribution in [-0.4, -0.2) is 42.5 Å². The molecule has 3 unspecified atom stereocenters. The van der Waals surface area contributed by atoms with Gasteiger partial charge in [-0.15, -0.1) is 11.3 Å². The van der Waals surface area contributed by atoms with Crippen LogP contribution in [0.4, 0.5) is 0 Å². The van der Waals surface area contributed by atoms with E-state index in [9.17, 15) is 4.79 Å². The summed E-state index contributed by atoms with van der Waals surface area (Å²) in [6, 6.07) is 5.05. The molecule has 3 atom stereocenters. The molecular weight excluding hydrogens is 258 g/mol. The number of nitrogens with one attached hydrogen (secondary N) is 2. The zero-order chi connectivity index (χ0) is 13.8. The van der Waals surface area contributed by atoms with Gasteiger partial charge in [-0.3, -0.25) is 9.69 Å². The van der Waals surface area contributed by atoms with E-state index in [0.717, 1.165) is 13.1 Å². The Morgan fingerprint density at radius 3 is 3.11 bits per heavy atom. The van der Waals surface area contributed by atoms with Crippen molar-refractivity contribution in [2.24, 2.45) is 0 Å². The Kier molecular flexibility index (Phi) is 4.96. The maximum atomic E-state index is 12.1. The number of piperazine rings is 1. The molecule has 19 heavy (non-hydrogen) atoms. The second-order valence-corrected chi connectivity index (χ2v) is 6.37. The summed E-state index contributed by atoms with van der Waals surface area (Å²) < 4.78 is 0. The van der Waals surface area contributed by atoms with Crippen LogP contribution < -0.4 is 10.6 Å². The monoisotopic (exact) mass is 281 g/mol. The van der Waals surface area contributed by atoms with Gasteiger partial charge in [0.1, 0.15) is 0 Å². The van der Waals surface area contributed by atoms with E-state index in [1.807, 2.05) is 18.4 Å². The fourth-order valence-corrected chi connectivity index (χ4v) is 3.13. The summed E-state index contributed by atoms with van der Waals surface area (Å²) in [6.07, 6.45) is 0. The largest absolute Gasteiger partial charge is 0.348 e. The van der Waals surface area contributed by atoms with E-state index >= 15 is 0 Å². The number of carbonyl (C=O) groups is 1. The SMILES string of the molecule is CC1CN(CC(=O)NC(C)c2cccs2)C(C)CN1. The van der Waals surface area contributed by atoms with Crippen LogP contribution in [0.25, 0.3) is 0 Å². The first kappa shape index (κ1) is 14.5. The van der Waals surface area contributed by atoms with Gasteiger partial charge in [0, 0.05) is 30.1 Å². The van der Waals surface area contributed by atoms with E-state index < -0.39 is 0 Å². The summed E-state index contributed by atoms with van der Waals surface area (Å²) in [5.74, 6) is 0.113. The number of hydrogen-bond acceptors (Lipinski definition) is 4. The van der Waals surface area contributed by atoms with Crippen LogP contribution in [0.2, 0.25) is 0 Å². The Balaban J connectivity index is 1.83. The van der Waals surface area contributed by atoms with E-state index in [1.165, 1.54) is 4.88 Å². The molecule has 1 aromatic rings. The molecule has 2 N–H and O–H groups in total. The summed E-state index contributed by atoms with van der Waals surface area (Å²) in [7, 11) is 0. The highest BCUT2D eigenvalue weighted by Crippen LogP contribution is 2.18. The highest BCUT2D eigenvalue weighted by atomic mass is 32.1. The van der Waals surface area contributed by atoms with Gasteiger partial charge in [-0.1, -0.05) is 6.07 Å². The molecule has 0 spiro atoms. The van der Waals surface area contributed by atoms with Gasteiger partial charge < -0.3 is 10.6 Å². The van der Waals surface area contributed by atoms with Crippen LogP contribution in [0.1, 0.15) is 31.7 Å². The van der Waals surface area contributed by atoms with E-state index in [2.05, 4.69) is 35.4 Å². The predicted octanol–water partition coefficient (Wildman–Crippen LogP) is 1.61. The van der Waals surface area contributed by atoms with Gasteiger partial charge in [-0.2, -0.15) is 0 Å². The van der Waals surface area contributed by atoms with Crippen LogP contribution in [0.5, 0.6) is 0 Å². The molecule has 1 amide bonds. The number of thiophene rings is 1. The lowest BCUT2D eigenvalue weighted by Gasteiger charge is -2.37. The third kappa shape index (κ3) is 4.03. The number of nitrogens with zero attached hydrogens (tertiary/aromatic N) is 1. The van der Waals surface area contributed by atoms with Crippen LogP contribution in [0.15, 0.2) is 17.5 Å². The van der Waals surface area contributed by atoms with Crippen molar-refractivity contribution in [3.05, 3.63) is 22.4 Å². The highest BCUT2D eigenvalue weighted by molar-refractivity contribution is 7.10. The van der Waals surface area contributed by atoms with E-state index in [1.54, 1.807) is 11.3 Å². The Hall–Kier alpha value is -0.910. The normalized spacial score (nSPS) is 26.1. The van der Waals surface area contributed by atoms with Crippen molar-refractivity contribution < 1.29 is 4.79 Å². The highest BCUT2D eigenvalue weighted by Gasteiger charge is 2.24. The Morgan fingerprint density at radius 2 is 2.42 bits per heavy atom. The summed E-state index contributed by atoms with van der Waals surface area (Å²) in [5.41, 5.74) is 0. The van der Waals surface area contributed by atoms with Crippen molar-refractivity contribution in [3.63, 3.8) is 0 Å². The minimum atomic E-state index is 0.100. The van der Waals surface area contributed by atoms with Gasteiger partial charge in [-0.05, 0) is 32.2 Å². The van der Waals surface area contributed by atoms with Crippen LogP contribution in [0, 0.1) is 0 Å². The Labute approximate surface area is 119 Å². The van der Waals surface area contributed by atoms with Crippen molar-refractivity contribution in [2.45, 2.75) is 38.9 Å². The van der Waals surface area contributed by atoms with Gasteiger partial charge >= 0.3 is 0 Å². The topological polar surface area (TPSA) is 44.4 Å². The maximum Gasteiger partial charge on any atom is 0.234 e. The molecule has 5 heteroatoms. The average molecular weight is 281 g/mol. The molecule has 0 aromatic carbocycles. The minimum Gasteiger partial charge on any atom is -0.348 e. The van der Waals surface area contributed by atoms with Gasteiger partial charge in [0.25, 0.3) is 0 Å². The standard InChI is InChI=1S/C14H23N3OS/c1-10-8-17(11(2)7-15-10)9-14(18)16-12(3)13-5-4-6-19-13/h4-6,10-12,15H,7-9H2,1-3H3,(H,16,18). The van der Waals surface area contributed by atoms with Crippen molar-refractivity contribution in [3.8, 4) is 0 Å². The van der Waals surface area contributed by atoms with Crippen molar-refractivity contribution >= 4 is 17.2 Å². The van der Waals surface area contributed by atoms with E-state index in [-0.39, 0.29) is 11.9 Å². The second kappa shape index (κ2) is 6.50. The van der Waals surface area contributed by atoms with Crippen LogP contribution >= 0.6 is 11.3 Å². The van der Waals surface area contributed by atoms with Gasteiger partial charge in [0.05, 0.1) is 12.6 Å². The molecular formula is C14H23N3OS. The fraction of sp³-hybridized carbons (Fsp3) is 0.643. The smallest absolute Gasteiger partial charge is 0.234 e. The van der Waals surface area contributed by atoms with E-state index in [0.29, 0.717) is 18.6 Å². The lowest BCUT2D eigenvalue weighted by atomic mass is 10.1. The van der Waals surface area contributed by atoms with Crippen molar-refractivity contribution in [2.75, 3.05) is 19.6 Å². The first-order valence-corrected chi connectivity index (χ1v) is 7.74. The molecule has 0 saturated carbocycles. The lowest BCUT2D eigenvalue weighted by molar-refractivity contribution is -0.123. The number of hydrogen-bond donors (Lipinski definition) is 2. The summed E-state index contributed by atoms with van der Waals surface area (Å²) in [4.78, 5) is 15.6. The number of amides is 1. The summed E-state index contributed by atoms with van der Waals surface area (Å²) in [6.45, 7) is 8.73. The number of carbonyl (C=O) groups excluding carboxylic acids is 1. The Morgan fingerprint density at radius 1 is 1.63 bits per heavy atom. The van der Waals surface area contributed by atoms with Crippen molar-refractivity contribution in [1.82, 2.24) is 15.5 Å². The average Bonchev–Trinajstić information content (AvgIpc) is 2.87. The van der Waals surface area contributed by atoms with E-state index in [4.69, 9.17) is 0 Å². The summed E-state index contributed by atoms with van der Waals surface area (Å²) in [5, 5.41) is 8.54. The third-order valence-corrected chi connectivity index (χ3v) is 4.64. The predicted molar refractivity (Wildman–Crippen MR) is 79.4 cm³/mol. The first-order valence-electron chi connectivity index (χ1n) is 6.86.